The van der Waals surface area contributed by atoms with Crippen molar-refractivity contribution in [1.29, 1.82) is 0 Å². The van der Waals surface area contributed by atoms with Crippen LogP contribution in [0.1, 0.15) is 20.8 Å². The van der Waals surface area contributed by atoms with E-state index in [0.717, 1.165) is 42.8 Å². The summed E-state index contributed by atoms with van der Waals surface area (Å²) in [6.07, 6.45) is 0. The minimum Gasteiger partial charge on any atom is -0.367 e. The number of anilines is 1. The van der Waals surface area contributed by atoms with E-state index in [4.69, 9.17) is 11.6 Å². The third-order valence-electron chi connectivity index (χ3n) is 3.91. The number of amides is 1. The topological polar surface area (TPSA) is 60.0 Å². The molecule has 2 N–H and O–H groups in total. The number of carbonyl (C=O) groups excluding carboxylic acids is 1. The lowest BCUT2D eigenvalue weighted by molar-refractivity contribution is -0.121. The molecule has 25 heavy (non-hydrogen) atoms. The highest BCUT2D eigenvalue weighted by Gasteiger charge is 2.21. The van der Waals surface area contributed by atoms with Gasteiger partial charge in [-0.15, -0.1) is 0 Å². The molecule has 1 aromatic rings. The number of hydrogen-bond acceptors (Lipinski definition) is 3. The van der Waals surface area contributed by atoms with Gasteiger partial charge in [-0.3, -0.25) is 9.79 Å². The molecule has 1 fully saturated rings. The van der Waals surface area contributed by atoms with Crippen LogP contribution in [0, 0.1) is 0 Å². The first-order valence-electron chi connectivity index (χ1n) is 8.56. The summed E-state index contributed by atoms with van der Waals surface area (Å²) < 4.78 is 0. The summed E-state index contributed by atoms with van der Waals surface area (Å²) in [5.74, 6) is 0.714. The fourth-order valence-electron chi connectivity index (χ4n) is 2.82. The molecular weight excluding hydrogens is 338 g/mol. The maximum atomic E-state index is 12.0. The molecule has 7 heteroatoms. The van der Waals surface area contributed by atoms with Crippen LogP contribution in [0.5, 0.6) is 0 Å². The van der Waals surface area contributed by atoms with Crippen LogP contribution in [0.4, 0.5) is 5.69 Å². The average molecular weight is 366 g/mol. The van der Waals surface area contributed by atoms with E-state index in [1.165, 1.54) is 0 Å². The van der Waals surface area contributed by atoms with Crippen molar-refractivity contribution in [2.45, 2.75) is 26.3 Å². The van der Waals surface area contributed by atoms with Crippen LogP contribution in [-0.4, -0.2) is 62.1 Å². The Morgan fingerprint density at radius 3 is 2.40 bits per heavy atom. The first-order valence-corrected chi connectivity index (χ1v) is 8.94. The Kier molecular flexibility index (Phi) is 6.53. The van der Waals surface area contributed by atoms with Crippen LogP contribution in [0.25, 0.3) is 0 Å². The number of piperazine rings is 1. The lowest BCUT2D eigenvalue weighted by Crippen LogP contribution is -2.54. The second-order valence-corrected chi connectivity index (χ2v) is 7.53. The van der Waals surface area contributed by atoms with Crippen molar-refractivity contribution >= 4 is 29.2 Å². The largest absolute Gasteiger partial charge is 0.367 e. The van der Waals surface area contributed by atoms with Crippen molar-refractivity contribution in [2.75, 3.05) is 44.7 Å². The number of nitrogens with one attached hydrogen (secondary N) is 2. The second kappa shape index (κ2) is 8.43. The van der Waals surface area contributed by atoms with Gasteiger partial charge >= 0.3 is 0 Å². The third-order valence-corrected chi connectivity index (χ3v) is 4.23. The SMILES string of the molecule is CN=C(NCC(=O)NC(C)(C)C)N1CCN(c2ccccc2Cl)CC1. The first-order chi connectivity index (χ1) is 11.8. The van der Waals surface area contributed by atoms with Gasteiger partial charge in [0.2, 0.25) is 5.91 Å². The van der Waals surface area contributed by atoms with E-state index in [0.29, 0.717) is 0 Å². The van der Waals surface area contributed by atoms with Crippen molar-refractivity contribution in [2.24, 2.45) is 4.99 Å². The molecular formula is C18H28ClN5O. The second-order valence-electron chi connectivity index (χ2n) is 7.12. The predicted molar refractivity (Wildman–Crippen MR) is 104 cm³/mol. The number of halogens is 1. The highest BCUT2D eigenvalue weighted by molar-refractivity contribution is 6.33. The van der Waals surface area contributed by atoms with Gasteiger partial charge in [-0.05, 0) is 32.9 Å². The van der Waals surface area contributed by atoms with Gasteiger partial charge in [0.15, 0.2) is 5.96 Å². The quantitative estimate of drug-likeness (QED) is 0.635. The van der Waals surface area contributed by atoms with Gasteiger partial charge in [0.05, 0.1) is 17.3 Å². The molecule has 1 saturated heterocycles. The minimum absolute atomic E-state index is 0.0386. The Morgan fingerprint density at radius 2 is 1.84 bits per heavy atom. The zero-order chi connectivity index (χ0) is 18.4. The molecule has 1 aliphatic rings. The number of aliphatic imine (C=N–C) groups is 1. The Hall–Kier alpha value is -1.95. The summed E-state index contributed by atoms with van der Waals surface area (Å²) >= 11 is 6.29. The van der Waals surface area contributed by atoms with Crippen LogP contribution < -0.4 is 15.5 Å². The number of nitrogens with zero attached hydrogens (tertiary/aromatic N) is 3. The Bertz CT molecular complexity index is 618. The maximum Gasteiger partial charge on any atom is 0.239 e. The molecule has 0 unspecified atom stereocenters. The molecule has 1 heterocycles. The highest BCUT2D eigenvalue weighted by atomic mass is 35.5. The monoisotopic (exact) mass is 365 g/mol. The molecule has 2 rings (SSSR count). The van der Waals surface area contributed by atoms with E-state index in [2.05, 4.69) is 25.4 Å². The van der Waals surface area contributed by atoms with Gasteiger partial charge < -0.3 is 20.4 Å². The summed E-state index contributed by atoms with van der Waals surface area (Å²) in [7, 11) is 1.74. The standard InChI is InChI=1S/C18H28ClN5O/c1-18(2,3)22-16(25)13-21-17(20-4)24-11-9-23(10-12-24)15-8-6-5-7-14(15)19/h5-8H,9-13H2,1-4H3,(H,20,21)(H,22,25). The van der Waals surface area contributed by atoms with E-state index in [1.807, 2.05) is 45.0 Å². The number of para-hydroxylation sites is 1. The van der Waals surface area contributed by atoms with Gasteiger partial charge in [0.25, 0.3) is 0 Å². The van der Waals surface area contributed by atoms with Crippen LogP contribution in [-0.2, 0) is 4.79 Å². The molecule has 138 valence electrons. The van der Waals surface area contributed by atoms with Crippen LogP contribution in [0.3, 0.4) is 0 Å². The lowest BCUT2D eigenvalue weighted by Gasteiger charge is -2.38. The Morgan fingerprint density at radius 1 is 1.20 bits per heavy atom. The van der Waals surface area contributed by atoms with Crippen molar-refractivity contribution in [3.8, 4) is 0 Å². The summed E-state index contributed by atoms with van der Waals surface area (Å²) in [6.45, 7) is 9.48. The molecule has 1 aliphatic heterocycles. The van der Waals surface area contributed by atoms with Crippen LogP contribution in [0.15, 0.2) is 29.3 Å². The van der Waals surface area contributed by atoms with E-state index in [1.54, 1.807) is 7.05 Å². The zero-order valence-electron chi connectivity index (χ0n) is 15.5. The fourth-order valence-corrected chi connectivity index (χ4v) is 3.08. The Labute approximate surface area is 155 Å². The van der Waals surface area contributed by atoms with Crippen LogP contribution >= 0.6 is 11.6 Å². The van der Waals surface area contributed by atoms with E-state index in [9.17, 15) is 4.79 Å². The van der Waals surface area contributed by atoms with Gasteiger partial charge in [0.1, 0.15) is 0 Å². The summed E-state index contributed by atoms with van der Waals surface area (Å²) in [5.41, 5.74) is 0.833. The smallest absolute Gasteiger partial charge is 0.239 e. The number of benzene rings is 1. The molecule has 1 amide bonds. The van der Waals surface area contributed by atoms with Gasteiger partial charge in [-0.2, -0.15) is 0 Å². The average Bonchev–Trinajstić information content (AvgIpc) is 2.55. The molecule has 0 atom stereocenters. The predicted octanol–water partition coefficient (Wildman–Crippen LogP) is 1.95. The van der Waals surface area contributed by atoms with Crippen LogP contribution in [0.2, 0.25) is 5.02 Å². The van der Waals surface area contributed by atoms with Crippen molar-refractivity contribution in [3.05, 3.63) is 29.3 Å². The van der Waals surface area contributed by atoms with Crippen molar-refractivity contribution in [1.82, 2.24) is 15.5 Å². The zero-order valence-corrected chi connectivity index (χ0v) is 16.2. The summed E-state index contributed by atoms with van der Waals surface area (Å²) in [4.78, 5) is 20.7. The normalized spacial score (nSPS) is 16.0. The van der Waals surface area contributed by atoms with Gasteiger partial charge in [-0.1, -0.05) is 23.7 Å². The van der Waals surface area contributed by atoms with E-state index < -0.39 is 0 Å². The summed E-state index contributed by atoms with van der Waals surface area (Å²) in [5, 5.41) is 6.86. The highest BCUT2D eigenvalue weighted by Crippen LogP contribution is 2.25. The number of rotatable bonds is 3. The van der Waals surface area contributed by atoms with Crippen molar-refractivity contribution < 1.29 is 4.79 Å². The van der Waals surface area contributed by atoms with Crippen molar-refractivity contribution in [3.63, 3.8) is 0 Å². The van der Waals surface area contributed by atoms with Gasteiger partial charge in [0, 0.05) is 38.8 Å². The third kappa shape index (κ3) is 5.81. The molecule has 1 aromatic carbocycles. The minimum atomic E-state index is -0.233. The van der Waals surface area contributed by atoms with E-state index >= 15 is 0 Å². The summed E-state index contributed by atoms with van der Waals surface area (Å²) in [6, 6.07) is 7.90. The number of hydrogen-bond donors (Lipinski definition) is 2. The fraction of sp³-hybridized carbons (Fsp3) is 0.556. The molecule has 0 spiro atoms. The lowest BCUT2D eigenvalue weighted by atomic mass is 10.1. The maximum absolute atomic E-state index is 12.0. The molecule has 0 saturated carbocycles. The molecule has 0 radical (unpaired) electrons. The van der Waals surface area contributed by atoms with E-state index in [-0.39, 0.29) is 18.0 Å². The molecule has 0 aliphatic carbocycles. The Balaban J connectivity index is 1.86. The molecule has 0 bridgehead atoms. The molecule has 0 aromatic heterocycles. The number of guanidine groups is 1. The van der Waals surface area contributed by atoms with Gasteiger partial charge in [-0.25, -0.2) is 0 Å². The number of carbonyl (C=O) groups is 1. The molecule has 6 nitrogen and oxygen atoms in total. The first kappa shape index (κ1) is 19.4.